The molecule has 1 heterocycles. The van der Waals surface area contributed by atoms with E-state index >= 15 is 0 Å². The molecule has 1 amide bonds. The zero-order chi connectivity index (χ0) is 16.2. The van der Waals surface area contributed by atoms with Crippen LogP contribution in [0, 0.1) is 0 Å². The average Bonchev–Trinajstić information content (AvgIpc) is 2.84. The fourth-order valence-corrected chi connectivity index (χ4v) is 3.59. The van der Waals surface area contributed by atoms with Crippen molar-refractivity contribution in [1.82, 2.24) is 0 Å². The first-order valence-electron chi connectivity index (χ1n) is 7.25. The van der Waals surface area contributed by atoms with Gasteiger partial charge in [-0.15, -0.1) is 0 Å². The highest BCUT2D eigenvalue weighted by Gasteiger charge is 2.33. The van der Waals surface area contributed by atoms with Crippen LogP contribution in [0.25, 0.3) is 6.08 Å². The largest absolute Gasteiger partial charge is 0.493 e. The van der Waals surface area contributed by atoms with Gasteiger partial charge in [-0.05, 0) is 31.2 Å². The first kappa shape index (κ1) is 15.8. The summed E-state index contributed by atoms with van der Waals surface area (Å²) in [7, 11) is 0. The Bertz CT molecular complexity index is 772. The third-order valence-corrected chi connectivity index (χ3v) is 4.62. The summed E-state index contributed by atoms with van der Waals surface area (Å²) in [5, 5.41) is 0. The van der Waals surface area contributed by atoms with Crippen LogP contribution in [0.4, 0.5) is 5.69 Å². The van der Waals surface area contributed by atoms with Crippen molar-refractivity contribution in [3.63, 3.8) is 0 Å². The van der Waals surface area contributed by atoms with Gasteiger partial charge in [0.2, 0.25) is 0 Å². The van der Waals surface area contributed by atoms with E-state index in [1.54, 1.807) is 4.90 Å². The first-order valence-corrected chi connectivity index (χ1v) is 8.48. The molecule has 1 aliphatic heterocycles. The molecule has 2 aromatic rings. The van der Waals surface area contributed by atoms with Crippen LogP contribution >= 0.6 is 24.0 Å². The molecule has 1 saturated heterocycles. The normalized spacial score (nSPS) is 16.2. The maximum Gasteiger partial charge on any atom is 0.270 e. The van der Waals surface area contributed by atoms with Crippen LogP contribution in [0.2, 0.25) is 0 Å². The molecule has 3 nitrogen and oxygen atoms in total. The van der Waals surface area contributed by atoms with Gasteiger partial charge in [-0.1, -0.05) is 60.4 Å². The zero-order valence-corrected chi connectivity index (χ0v) is 14.2. The van der Waals surface area contributed by atoms with Crippen LogP contribution in [0.3, 0.4) is 0 Å². The van der Waals surface area contributed by atoms with Gasteiger partial charge in [0.25, 0.3) is 5.91 Å². The molecule has 0 bridgehead atoms. The maximum absolute atomic E-state index is 12.7. The first-order chi connectivity index (χ1) is 11.2. The second kappa shape index (κ2) is 6.98. The molecule has 0 radical (unpaired) electrons. The summed E-state index contributed by atoms with van der Waals surface area (Å²) in [6, 6.07) is 17.1. The molecule has 23 heavy (non-hydrogen) atoms. The summed E-state index contributed by atoms with van der Waals surface area (Å²) in [6.07, 6.45) is 1.84. The van der Waals surface area contributed by atoms with Crippen LogP contribution < -0.4 is 9.64 Å². The Morgan fingerprint density at radius 1 is 1.13 bits per heavy atom. The van der Waals surface area contributed by atoms with Crippen LogP contribution in [-0.4, -0.2) is 16.8 Å². The lowest BCUT2D eigenvalue weighted by molar-refractivity contribution is -0.113. The number of thioether (sulfide) groups is 1. The number of para-hydroxylation sites is 2. The number of carbonyl (C=O) groups is 1. The topological polar surface area (TPSA) is 29.5 Å². The standard InChI is InChI=1S/C18H15NO2S2/c1-2-21-15-11-7-6-8-13(15)12-16-17(20)19(18(22)23-16)14-9-4-3-5-10-14/h3-12H,2H2,1H3/b16-12+. The van der Waals surface area contributed by atoms with Crippen molar-refractivity contribution in [2.24, 2.45) is 0 Å². The summed E-state index contributed by atoms with van der Waals surface area (Å²) in [4.78, 5) is 14.9. The Hall–Kier alpha value is -2.11. The van der Waals surface area contributed by atoms with E-state index in [-0.39, 0.29) is 5.91 Å². The van der Waals surface area contributed by atoms with E-state index < -0.39 is 0 Å². The number of rotatable bonds is 4. The quantitative estimate of drug-likeness (QED) is 0.605. The monoisotopic (exact) mass is 341 g/mol. The maximum atomic E-state index is 12.7. The number of carbonyl (C=O) groups excluding carboxylic acids is 1. The molecule has 5 heteroatoms. The van der Waals surface area contributed by atoms with Gasteiger partial charge < -0.3 is 4.74 Å². The van der Waals surface area contributed by atoms with E-state index in [0.29, 0.717) is 15.8 Å². The van der Waals surface area contributed by atoms with Gasteiger partial charge in [-0.25, -0.2) is 0 Å². The molecule has 0 saturated carbocycles. The minimum absolute atomic E-state index is 0.0995. The molecule has 1 aliphatic rings. The van der Waals surface area contributed by atoms with Crippen molar-refractivity contribution >= 4 is 46.0 Å². The van der Waals surface area contributed by atoms with Crippen molar-refractivity contribution in [3.8, 4) is 5.75 Å². The number of amides is 1. The third-order valence-electron chi connectivity index (χ3n) is 3.31. The number of benzene rings is 2. The van der Waals surface area contributed by atoms with Gasteiger partial charge in [0.1, 0.15) is 5.75 Å². The van der Waals surface area contributed by atoms with Crippen LogP contribution in [-0.2, 0) is 4.79 Å². The summed E-state index contributed by atoms with van der Waals surface area (Å²) >= 11 is 6.68. The Morgan fingerprint density at radius 3 is 2.57 bits per heavy atom. The number of hydrogen-bond donors (Lipinski definition) is 0. The molecular weight excluding hydrogens is 326 g/mol. The predicted octanol–water partition coefficient (Wildman–Crippen LogP) is 4.49. The van der Waals surface area contributed by atoms with Gasteiger partial charge in [-0.3, -0.25) is 9.69 Å². The Balaban J connectivity index is 1.94. The van der Waals surface area contributed by atoms with Crippen molar-refractivity contribution in [3.05, 3.63) is 65.1 Å². The molecule has 0 N–H and O–H groups in total. The molecule has 2 aromatic carbocycles. The lowest BCUT2D eigenvalue weighted by Crippen LogP contribution is -2.27. The van der Waals surface area contributed by atoms with Gasteiger partial charge in [0.15, 0.2) is 4.32 Å². The molecule has 0 spiro atoms. The fraction of sp³-hybridized carbons (Fsp3) is 0.111. The molecule has 0 atom stereocenters. The van der Waals surface area contributed by atoms with Crippen LogP contribution in [0.1, 0.15) is 12.5 Å². The summed E-state index contributed by atoms with van der Waals surface area (Å²) in [6.45, 7) is 2.52. The van der Waals surface area contributed by atoms with Crippen molar-refractivity contribution in [2.45, 2.75) is 6.92 Å². The smallest absolute Gasteiger partial charge is 0.270 e. The Morgan fingerprint density at radius 2 is 1.83 bits per heavy atom. The number of ether oxygens (including phenoxy) is 1. The number of nitrogens with zero attached hydrogens (tertiary/aromatic N) is 1. The number of hydrogen-bond acceptors (Lipinski definition) is 4. The number of thiocarbonyl (C=S) groups is 1. The molecule has 1 fully saturated rings. The zero-order valence-electron chi connectivity index (χ0n) is 12.6. The average molecular weight is 341 g/mol. The van der Waals surface area contributed by atoms with Gasteiger partial charge in [-0.2, -0.15) is 0 Å². The molecule has 3 rings (SSSR count). The second-order valence-corrected chi connectivity index (χ2v) is 6.50. The van der Waals surface area contributed by atoms with Gasteiger partial charge in [0.05, 0.1) is 17.2 Å². The second-order valence-electron chi connectivity index (χ2n) is 4.82. The SMILES string of the molecule is CCOc1ccccc1/C=C1/SC(=S)N(c2ccccc2)C1=O. The summed E-state index contributed by atoms with van der Waals surface area (Å²) < 4.78 is 6.15. The molecule has 0 aliphatic carbocycles. The van der Waals surface area contributed by atoms with Gasteiger partial charge in [0, 0.05) is 5.56 Å². The fourth-order valence-electron chi connectivity index (χ4n) is 2.30. The van der Waals surface area contributed by atoms with Gasteiger partial charge >= 0.3 is 0 Å². The number of anilines is 1. The van der Waals surface area contributed by atoms with E-state index in [4.69, 9.17) is 17.0 Å². The van der Waals surface area contributed by atoms with E-state index in [2.05, 4.69) is 0 Å². The molecule has 0 unspecified atom stereocenters. The highest BCUT2D eigenvalue weighted by atomic mass is 32.2. The van der Waals surface area contributed by atoms with Crippen molar-refractivity contribution in [2.75, 3.05) is 11.5 Å². The summed E-state index contributed by atoms with van der Waals surface area (Å²) in [5.41, 5.74) is 1.67. The minimum Gasteiger partial charge on any atom is -0.493 e. The highest BCUT2D eigenvalue weighted by Crippen LogP contribution is 2.36. The Labute approximate surface area is 144 Å². The lowest BCUT2D eigenvalue weighted by atomic mass is 10.2. The van der Waals surface area contributed by atoms with Crippen LogP contribution in [0.15, 0.2) is 59.5 Å². The van der Waals surface area contributed by atoms with E-state index in [1.807, 2.05) is 67.6 Å². The summed E-state index contributed by atoms with van der Waals surface area (Å²) in [5.74, 6) is 0.664. The van der Waals surface area contributed by atoms with E-state index in [1.165, 1.54) is 11.8 Å². The van der Waals surface area contributed by atoms with Crippen molar-refractivity contribution < 1.29 is 9.53 Å². The van der Waals surface area contributed by atoms with Crippen molar-refractivity contribution in [1.29, 1.82) is 0 Å². The molecule has 0 aromatic heterocycles. The van der Waals surface area contributed by atoms with Crippen LogP contribution in [0.5, 0.6) is 5.75 Å². The van der Waals surface area contributed by atoms with E-state index in [9.17, 15) is 4.79 Å². The molecular formula is C18H15NO2S2. The minimum atomic E-state index is -0.0995. The highest BCUT2D eigenvalue weighted by molar-refractivity contribution is 8.27. The molecule has 116 valence electrons. The predicted molar refractivity (Wildman–Crippen MR) is 99.7 cm³/mol. The lowest BCUT2D eigenvalue weighted by Gasteiger charge is -2.13. The Kier molecular flexibility index (Phi) is 4.79. The van der Waals surface area contributed by atoms with E-state index in [0.717, 1.165) is 17.0 Å². The third kappa shape index (κ3) is 3.30.